The summed E-state index contributed by atoms with van der Waals surface area (Å²) in [7, 11) is -3.51. The van der Waals surface area contributed by atoms with E-state index in [4.69, 9.17) is 39.5 Å². The molecule has 0 aliphatic heterocycles. The first-order chi connectivity index (χ1) is 15.0. The van der Waals surface area contributed by atoms with E-state index < -0.39 is 15.6 Å². The van der Waals surface area contributed by atoms with Crippen LogP contribution in [-0.2, 0) is 23.0 Å². The second-order valence-corrected chi connectivity index (χ2v) is 10.5. The summed E-state index contributed by atoms with van der Waals surface area (Å²) in [6.45, 7) is 5.64. The van der Waals surface area contributed by atoms with Gasteiger partial charge in [-0.2, -0.15) is 5.10 Å². The summed E-state index contributed by atoms with van der Waals surface area (Å²) in [6, 6.07) is 6.53. The minimum Gasteiger partial charge on any atom is -0.472 e. The van der Waals surface area contributed by atoms with E-state index in [1.807, 2.05) is 6.92 Å². The highest BCUT2D eigenvalue weighted by Crippen LogP contribution is 2.33. The quantitative estimate of drug-likeness (QED) is 0.378. The van der Waals surface area contributed by atoms with Gasteiger partial charge in [0.25, 0.3) is 0 Å². The zero-order valence-electron chi connectivity index (χ0n) is 17.9. The normalized spacial score (nSPS) is 11.6. The molecule has 3 aromatic rings. The fraction of sp³-hybridized carbons (Fsp3) is 0.273. The Morgan fingerprint density at radius 2 is 1.81 bits per heavy atom. The van der Waals surface area contributed by atoms with Crippen LogP contribution in [-0.4, -0.2) is 30.2 Å². The summed E-state index contributed by atoms with van der Waals surface area (Å²) < 4.78 is 31.8. The van der Waals surface area contributed by atoms with Crippen LogP contribution in [0, 0.1) is 13.8 Å². The minimum atomic E-state index is -3.51. The fourth-order valence-corrected chi connectivity index (χ4v) is 5.57. The van der Waals surface area contributed by atoms with E-state index >= 15 is 0 Å². The molecule has 10 heteroatoms. The molecular weight excluding hydrogens is 495 g/mol. The molecule has 2 aromatic carbocycles. The molecule has 0 bridgehead atoms. The molecule has 0 radical (unpaired) electrons. The number of benzene rings is 2. The van der Waals surface area contributed by atoms with E-state index in [-0.39, 0.29) is 33.5 Å². The number of hydrogen-bond acceptors (Lipinski definition) is 5. The Bertz CT molecular complexity index is 1320. The van der Waals surface area contributed by atoms with Gasteiger partial charge in [-0.15, -0.1) is 0 Å². The molecule has 0 unspecified atom stereocenters. The van der Waals surface area contributed by atoms with Crippen molar-refractivity contribution in [3.05, 3.63) is 73.3 Å². The van der Waals surface area contributed by atoms with Gasteiger partial charge in [0.15, 0.2) is 9.84 Å². The van der Waals surface area contributed by atoms with Gasteiger partial charge in [0.1, 0.15) is 12.2 Å². The van der Waals surface area contributed by atoms with Gasteiger partial charge >= 0.3 is 0 Å². The molecule has 32 heavy (non-hydrogen) atoms. The van der Waals surface area contributed by atoms with Gasteiger partial charge < -0.3 is 4.74 Å². The summed E-state index contributed by atoms with van der Waals surface area (Å²) in [5, 5.41) is 5.27. The van der Waals surface area contributed by atoms with Crippen LogP contribution in [0.25, 0.3) is 0 Å². The predicted octanol–water partition coefficient (Wildman–Crippen LogP) is 5.69. The molecule has 0 N–H and O–H groups in total. The van der Waals surface area contributed by atoms with Gasteiger partial charge in [-0.05, 0) is 50.1 Å². The second kappa shape index (κ2) is 9.43. The van der Waals surface area contributed by atoms with Crippen LogP contribution >= 0.6 is 34.8 Å². The molecule has 0 fully saturated rings. The Morgan fingerprint density at radius 3 is 2.41 bits per heavy atom. The largest absolute Gasteiger partial charge is 0.472 e. The van der Waals surface area contributed by atoms with E-state index in [2.05, 4.69) is 5.10 Å². The molecule has 1 aromatic heterocycles. The molecule has 0 saturated heterocycles. The topological polar surface area (TPSA) is 78.3 Å². The molecule has 0 aliphatic rings. The standard InChI is InChI=1S/C22H21Cl3N2O4S/c1-5-27-22(31-11-14-6-7-15(23)9-18(14)24)17(10-26-27)20(28)16-8-12(2)21(32(4,29)30)13(3)19(16)25/h6-10H,5,11H2,1-4H3. The summed E-state index contributed by atoms with van der Waals surface area (Å²) in [5.74, 6) is -0.153. The van der Waals surface area contributed by atoms with Crippen LogP contribution in [0.1, 0.15) is 39.5 Å². The smallest absolute Gasteiger partial charge is 0.223 e. The van der Waals surface area contributed by atoms with Gasteiger partial charge in [0.2, 0.25) is 11.7 Å². The predicted molar refractivity (Wildman–Crippen MR) is 126 cm³/mol. The van der Waals surface area contributed by atoms with Crippen LogP contribution in [0.2, 0.25) is 15.1 Å². The maximum absolute atomic E-state index is 13.4. The lowest BCUT2D eigenvalue weighted by atomic mass is 10.0. The van der Waals surface area contributed by atoms with Crippen molar-refractivity contribution in [1.29, 1.82) is 0 Å². The summed E-state index contributed by atoms with van der Waals surface area (Å²) in [5.41, 5.74) is 1.86. The Labute approximate surface area is 202 Å². The van der Waals surface area contributed by atoms with Crippen LogP contribution in [0.15, 0.2) is 35.4 Å². The number of aromatic nitrogens is 2. The first kappa shape index (κ1) is 24.6. The number of hydrogen-bond donors (Lipinski definition) is 0. The third-order valence-corrected chi connectivity index (χ3v) is 7.40. The molecule has 0 aliphatic carbocycles. The first-order valence-corrected chi connectivity index (χ1v) is 12.6. The lowest BCUT2D eigenvalue weighted by molar-refractivity contribution is 0.103. The highest BCUT2D eigenvalue weighted by atomic mass is 35.5. The van der Waals surface area contributed by atoms with Gasteiger partial charge in [-0.25, -0.2) is 13.1 Å². The molecule has 0 amide bonds. The first-order valence-electron chi connectivity index (χ1n) is 9.62. The van der Waals surface area contributed by atoms with Crippen molar-refractivity contribution in [3.63, 3.8) is 0 Å². The van der Waals surface area contributed by atoms with Gasteiger partial charge in [-0.1, -0.05) is 40.9 Å². The number of halogens is 3. The summed E-state index contributed by atoms with van der Waals surface area (Å²) in [4.78, 5) is 13.5. The number of rotatable bonds is 7. The van der Waals surface area contributed by atoms with E-state index in [1.165, 1.54) is 12.3 Å². The Kier molecular flexibility index (Phi) is 7.25. The van der Waals surface area contributed by atoms with E-state index in [0.717, 1.165) is 6.26 Å². The molecule has 0 saturated carbocycles. The maximum atomic E-state index is 13.4. The third kappa shape index (κ3) is 4.81. The molecule has 3 rings (SSSR count). The number of nitrogens with zero attached hydrogens (tertiary/aromatic N) is 2. The van der Waals surface area contributed by atoms with Crippen LogP contribution < -0.4 is 4.74 Å². The van der Waals surface area contributed by atoms with Crippen molar-refractivity contribution < 1.29 is 17.9 Å². The number of aryl methyl sites for hydroxylation is 2. The zero-order valence-corrected chi connectivity index (χ0v) is 21.0. The van der Waals surface area contributed by atoms with E-state index in [1.54, 1.807) is 36.7 Å². The van der Waals surface area contributed by atoms with Gasteiger partial charge in [0, 0.05) is 34.0 Å². The average Bonchev–Trinajstić information content (AvgIpc) is 3.11. The van der Waals surface area contributed by atoms with Crippen molar-refractivity contribution in [2.75, 3.05) is 6.26 Å². The van der Waals surface area contributed by atoms with Crippen molar-refractivity contribution >= 4 is 50.4 Å². The Hall–Kier alpha value is -2.06. The summed E-state index contributed by atoms with van der Waals surface area (Å²) >= 11 is 18.6. The van der Waals surface area contributed by atoms with Crippen LogP contribution in [0.3, 0.4) is 0 Å². The minimum absolute atomic E-state index is 0.0805. The number of ketones is 1. The lowest BCUT2D eigenvalue weighted by Gasteiger charge is -2.15. The van der Waals surface area contributed by atoms with Crippen molar-refractivity contribution in [3.8, 4) is 5.88 Å². The highest BCUT2D eigenvalue weighted by molar-refractivity contribution is 7.90. The fourth-order valence-electron chi connectivity index (χ4n) is 3.52. The van der Waals surface area contributed by atoms with Gasteiger partial charge in [0.05, 0.1) is 16.1 Å². The maximum Gasteiger partial charge on any atom is 0.223 e. The molecule has 1 heterocycles. The van der Waals surface area contributed by atoms with Crippen LogP contribution in [0.4, 0.5) is 0 Å². The summed E-state index contributed by atoms with van der Waals surface area (Å²) in [6.07, 6.45) is 2.52. The van der Waals surface area contributed by atoms with E-state index in [0.29, 0.717) is 33.3 Å². The SMILES string of the molecule is CCn1ncc(C(=O)c2cc(C)c(S(C)(=O)=O)c(C)c2Cl)c1OCc1ccc(Cl)cc1Cl. The molecule has 0 atom stereocenters. The third-order valence-electron chi connectivity index (χ3n) is 4.96. The second-order valence-electron chi connectivity index (χ2n) is 7.31. The number of ether oxygens (including phenoxy) is 1. The van der Waals surface area contributed by atoms with Crippen molar-refractivity contribution in [2.45, 2.75) is 38.8 Å². The van der Waals surface area contributed by atoms with Crippen molar-refractivity contribution in [1.82, 2.24) is 9.78 Å². The number of carbonyl (C=O) groups excluding carboxylic acids is 1. The van der Waals surface area contributed by atoms with Crippen molar-refractivity contribution in [2.24, 2.45) is 0 Å². The zero-order chi connectivity index (χ0) is 23.8. The average molecular weight is 516 g/mol. The lowest BCUT2D eigenvalue weighted by Crippen LogP contribution is -2.11. The molecule has 170 valence electrons. The number of sulfone groups is 1. The van der Waals surface area contributed by atoms with E-state index in [9.17, 15) is 13.2 Å². The Morgan fingerprint density at radius 1 is 1.12 bits per heavy atom. The van der Waals surface area contributed by atoms with Gasteiger partial charge in [-0.3, -0.25) is 4.79 Å². The highest BCUT2D eigenvalue weighted by Gasteiger charge is 2.26. The molecular formula is C22H21Cl3N2O4S. The van der Waals surface area contributed by atoms with Crippen LogP contribution in [0.5, 0.6) is 5.88 Å². The number of carbonyl (C=O) groups is 1. The molecule has 6 nitrogen and oxygen atoms in total. The molecule has 0 spiro atoms. The Balaban J connectivity index is 2.02. The monoisotopic (exact) mass is 514 g/mol.